The van der Waals surface area contributed by atoms with Crippen molar-refractivity contribution in [3.8, 4) is 11.8 Å². The summed E-state index contributed by atoms with van der Waals surface area (Å²) >= 11 is 0. The highest BCUT2D eigenvalue weighted by Crippen LogP contribution is 2.37. The Bertz CT molecular complexity index is 942. The fraction of sp³-hybridized carbons (Fsp3) is 0.435. The SMILES string of the molecule is COCCOc1ccc(Cc2cc([C@]3(O)O[C@H](CO)[C@@H](O)[C@H](O)[C@H]3O)ccc2C#N)cc1. The fourth-order valence-corrected chi connectivity index (χ4v) is 3.63. The molecule has 5 atom stereocenters. The average molecular weight is 445 g/mol. The summed E-state index contributed by atoms with van der Waals surface area (Å²) in [6.07, 6.45) is -6.14. The van der Waals surface area contributed by atoms with Gasteiger partial charge < -0.3 is 39.7 Å². The van der Waals surface area contributed by atoms with Crippen LogP contribution in [0, 0.1) is 11.3 Å². The van der Waals surface area contributed by atoms with Gasteiger partial charge in [0.15, 0.2) is 0 Å². The Morgan fingerprint density at radius 3 is 2.41 bits per heavy atom. The Kier molecular flexibility index (Phi) is 7.82. The number of nitrogens with zero attached hydrogens (tertiary/aromatic N) is 1. The first-order chi connectivity index (χ1) is 15.3. The van der Waals surface area contributed by atoms with E-state index in [-0.39, 0.29) is 5.56 Å². The van der Waals surface area contributed by atoms with Crippen LogP contribution in [0.15, 0.2) is 42.5 Å². The zero-order chi connectivity index (χ0) is 23.3. The third-order valence-electron chi connectivity index (χ3n) is 5.48. The zero-order valence-electron chi connectivity index (χ0n) is 17.6. The molecule has 1 fully saturated rings. The lowest BCUT2D eigenvalue weighted by molar-refractivity contribution is -0.357. The molecule has 0 saturated carbocycles. The number of benzene rings is 2. The average Bonchev–Trinajstić information content (AvgIpc) is 2.81. The van der Waals surface area contributed by atoms with E-state index >= 15 is 0 Å². The van der Waals surface area contributed by atoms with E-state index in [2.05, 4.69) is 6.07 Å². The Hall–Kier alpha value is -2.55. The highest BCUT2D eigenvalue weighted by atomic mass is 16.7. The molecule has 1 heterocycles. The van der Waals surface area contributed by atoms with Gasteiger partial charge in [0.1, 0.15) is 36.8 Å². The van der Waals surface area contributed by atoms with Crippen LogP contribution in [0.4, 0.5) is 0 Å². The Labute approximate surface area is 185 Å². The molecular weight excluding hydrogens is 418 g/mol. The standard InChI is InChI=1S/C23H27NO8/c1-30-8-9-31-18-6-2-14(3-7-18)10-16-11-17(5-4-15(16)12-24)23(29)22(28)21(27)20(26)19(13-25)32-23/h2-7,11,19-22,25-29H,8-10,13H2,1H3/t19-,20-,21+,22-,23+/m1/s1. The van der Waals surface area contributed by atoms with Gasteiger partial charge in [-0.15, -0.1) is 0 Å². The molecule has 9 nitrogen and oxygen atoms in total. The topological polar surface area (TPSA) is 153 Å². The number of hydrogen-bond acceptors (Lipinski definition) is 9. The number of ether oxygens (including phenoxy) is 3. The van der Waals surface area contributed by atoms with Gasteiger partial charge >= 0.3 is 0 Å². The van der Waals surface area contributed by atoms with Crippen LogP contribution in [0.2, 0.25) is 0 Å². The van der Waals surface area contributed by atoms with Crippen molar-refractivity contribution < 1.29 is 39.7 Å². The molecule has 0 radical (unpaired) electrons. The molecule has 1 aliphatic rings. The van der Waals surface area contributed by atoms with E-state index in [0.717, 1.165) is 5.56 Å². The van der Waals surface area contributed by atoms with Gasteiger partial charge in [-0.2, -0.15) is 5.26 Å². The van der Waals surface area contributed by atoms with Gasteiger partial charge in [0.05, 0.1) is 24.8 Å². The van der Waals surface area contributed by atoms with E-state index in [1.54, 1.807) is 19.2 Å². The molecule has 172 valence electrons. The van der Waals surface area contributed by atoms with E-state index in [1.165, 1.54) is 18.2 Å². The summed E-state index contributed by atoms with van der Waals surface area (Å²) in [6, 6.07) is 13.8. The van der Waals surface area contributed by atoms with Crippen molar-refractivity contribution in [3.05, 3.63) is 64.7 Å². The molecule has 0 aromatic heterocycles. The van der Waals surface area contributed by atoms with Crippen LogP contribution in [0.25, 0.3) is 0 Å². The first-order valence-electron chi connectivity index (χ1n) is 10.1. The molecule has 0 unspecified atom stereocenters. The molecule has 32 heavy (non-hydrogen) atoms. The highest BCUT2D eigenvalue weighted by Gasteiger charge is 2.53. The minimum atomic E-state index is -2.38. The van der Waals surface area contributed by atoms with Gasteiger partial charge in [0.25, 0.3) is 0 Å². The molecule has 0 aliphatic carbocycles. The summed E-state index contributed by atoms with van der Waals surface area (Å²) in [4.78, 5) is 0. The Morgan fingerprint density at radius 1 is 1.06 bits per heavy atom. The summed E-state index contributed by atoms with van der Waals surface area (Å²) in [5.41, 5.74) is 1.88. The summed E-state index contributed by atoms with van der Waals surface area (Å²) in [7, 11) is 1.59. The van der Waals surface area contributed by atoms with Crippen LogP contribution in [0.1, 0.15) is 22.3 Å². The van der Waals surface area contributed by atoms with Crippen LogP contribution in [0.5, 0.6) is 5.75 Å². The van der Waals surface area contributed by atoms with Gasteiger partial charge in [-0.3, -0.25) is 0 Å². The molecular formula is C23H27NO8. The van der Waals surface area contributed by atoms with Gasteiger partial charge in [-0.25, -0.2) is 0 Å². The normalized spacial score (nSPS) is 27.7. The van der Waals surface area contributed by atoms with Gasteiger partial charge in [-0.1, -0.05) is 18.2 Å². The number of methoxy groups -OCH3 is 1. The van der Waals surface area contributed by atoms with Gasteiger partial charge in [-0.05, 0) is 41.8 Å². The molecule has 2 aromatic carbocycles. The summed E-state index contributed by atoms with van der Waals surface area (Å²) in [5.74, 6) is -1.70. The quantitative estimate of drug-likeness (QED) is 0.348. The number of aliphatic hydroxyl groups excluding tert-OH is 4. The third-order valence-corrected chi connectivity index (χ3v) is 5.48. The second kappa shape index (κ2) is 10.4. The summed E-state index contributed by atoms with van der Waals surface area (Å²) < 4.78 is 15.9. The Morgan fingerprint density at radius 2 is 1.78 bits per heavy atom. The first-order valence-corrected chi connectivity index (χ1v) is 10.1. The third kappa shape index (κ3) is 4.92. The predicted octanol–water partition coefficient (Wildman–Crippen LogP) is -0.207. The van der Waals surface area contributed by atoms with Crippen LogP contribution in [-0.2, 0) is 21.7 Å². The number of aliphatic hydroxyl groups is 5. The van der Waals surface area contributed by atoms with Crippen molar-refractivity contribution in [2.45, 2.75) is 36.6 Å². The van der Waals surface area contributed by atoms with E-state index < -0.39 is 36.8 Å². The molecule has 3 rings (SSSR count). The molecule has 1 saturated heterocycles. The molecule has 0 spiro atoms. The Balaban J connectivity index is 1.86. The predicted molar refractivity (Wildman–Crippen MR) is 112 cm³/mol. The number of rotatable bonds is 8. The maximum atomic E-state index is 11.0. The summed E-state index contributed by atoms with van der Waals surface area (Å²) in [6.45, 7) is 0.224. The van der Waals surface area contributed by atoms with Crippen LogP contribution in [0.3, 0.4) is 0 Å². The second-order valence-corrected chi connectivity index (χ2v) is 7.61. The van der Waals surface area contributed by atoms with Crippen molar-refractivity contribution in [1.29, 1.82) is 5.26 Å². The molecule has 2 aromatic rings. The molecule has 0 bridgehead atoms. The zero-order valence-corrected chi connectivity index (χ0v) is 17.6. The first kappa shape index (κ1) is 24.1. The smallest absolute Gasteiger partial charge is 0.222 e. The minimum absolute atomic E-state index is 0.0860. The van der Waals surface area contributed by atoms with Gasteiger partial charge in [0, 0.05) is 12.7 Å². The van der Waals surface area contributed by atoms with Crippen LogP contribution < -0.4 is 4.74 Å². The lowest BCUT2D eigenvalue weighted by Crippen LogP contribution is -2.63. The van der Waals surface area contributed by atoms with Gasteiger partial charge in [0.2, 0.25) is 5.79 Å². The van der Waals surface area contributed by atoms with E-state index in [9.17, 15) is 30.8 Å². The molecule has 9 heteroatoms. The largest absolute Gasteiger partial charge is 0.491 e. The van der Waals surface area contributed by atoms with Crippen LogP contribution >= 0.6 is 0 Å². The van der Waals surface area contributed by atoms with Crippen molar-refractivity contribution in [2.24, 2.45) is 0 Å². The van der Waals surface area contributed by atoms with E-state index in [1.807, 2.05) is 12.1 Å². The van der Waals surface area contributed by atoms with Crippen molar-refractivity contribution in [3.63, 3.8) is 0 Å². The van der Waals surface area contributed by atoms with E-state index in [0.29, 0.717) is 36.5 Å². The van der Waals surface area contributed by atoms with Crippen LogP contribution in [-0.4, -0.2) is 76.9 Å². The van der Waals surface area contributed by atoms with Crippen molar-refractivity contribution >= 4 is 0 Å². The van der Waals surface area contributed by atoms with Crippen molar-refractivity contribution in [1.82, 2.24) is 0 Å². The molecule has 5 N–H and O–H groups in total. The fourth-order valence-electron chi connectivity index (χ4n) is 3.63. The highest BCUT2D eigenvalue weighted by molar-refractivity contribution is 5.45. The number of nitriles is 1. The maximum absolute atomic E-state index is 11.0. The minimum Gasteiger partial charge on any atom is -0.491 e. The molecule has 1 aliphatic heterocycles. The lowest BCUT2D eigenvalue weighted by Gasteiger charge is -2.45. The van der Waals surface area contributed by atoms with Crippen molar-refractivity contribution in [2.75, 3.05) is 26.9 Å². The summed E-state index contributed by atoms with van der Waals surface area (Å²) in [5, 5.41) is 60.4. The lowest BCUT2D eigenvalue weighted by atomic mass is 9.86. The molecule has 0 amide bonds. The maximum Gasteiger partial charge on any atom is 0.222 e. The number of hydrogen-bond donors (Lipinski definition) is 5. The van der Waals surface area contributed by atoms with E-state index in [4.69, 9.17) is 14.2 Å². The monoisotopic (exact) mass is 445 g/mol. The second-order valence-electron chi connectivity index (χ2n) is 7.61.